The summed E-state index contributed by atoms with van der Waals surface area (Å²) in [6, 6.07) is 2.93. The minimum Gasteiger partial charge on any atom is -0.481 e. The van der Waals surface area contributed by atoms with E-state index in [0.29, 0.717) is 11.5 Å². The van der Waals surface area contributed by atoms with Crippen LogP contribution in [0.15, 0.2) is 16.3 Å². The topological polar surface area (TPSA) is 92.7 Å². The molecule has 0 aliphatic rings. The van der Waals surface area contributed by atoms with Gasteiger partial charge in [0.1, 0.15) is 4.21 Å². The highest BCUT2D eigenvalue weighted by molar-refractivity contribution is 7.91. The van der Waals surface area contributed by atoms with E-state index in [4.69, 9.17) is 9.84 Å². The Kier molecular flexibility index (Phi) is 5.92. The van der Waals surface area contributed by atoms with Crippen LogP contribution in [0.5, 0.6) is 0 Å². The van der Waals surface area contributed by atoms with E-state index < -0.39 is 16.0 Å². The van der Waals surface area contributed by atoms with E-state index in [-0.39, 0.29) is 23.3 Å². The lowest BCUT2D eigenvalue weighted by Gasteiger charge is -2.12. The maximum Gasteiger partial charge on any atom is 0.308 e. The molecule has 1 atom stereocenters. The molecule has 1 unspecified atom stereocenters. The molecule has 1 aromatic rings. The van der Waals surface area contributed by atoms with Crippen LogP contribution < -0.4 is 4.72 Å². The molecule has 0 aliphatic heterocycles. The molecular weight excluding hydrogens is 290 g/mol. The van der Waals surface area contributed by atoms with Gasteiger partial charge in [-0.1, -0.05) is 0 Å². The van der Waals surface area contributed by atoms with Gasteiger partial charge in [-0.2, -0.15) is 0 Å². The van der Waals surface area contributed by atoms with Gasteiger partial charge in [0, 0.05) is 18.0 Å². The number of sulfonamides is 1. The average Bonchev–Trinajstić information content (AvgIpc) is 2.75. The van der Waals surface area contributed by atoms with Gasteiger partial charge >= 0.3 is 5.97 Å². The molecular formula is C11H17NO5S2. The summed E-state index contributed by atoms with van der Waals surface area (Å²) in [6.45, 7) is 4.31. The number of carboxylic acids is 1. The molecule has 6 nitrogen and oxygen atoms in total. The lowest BCUT2D eigenvalue weighted by molar-refractivity contribution is -0.136. The van der Waals surface area contributed by atoms with Crippen LogP contribution in [0.3, 0.4) is 0 Å². The molecule has 19 heavy (non-hydrogen) atoms. The molecule has 108 valence electrons. The predicted octanol–water partition coefficient (Wildman–Crippen LogP) is 1.08. The second-order valence-electron chi connectivity index (χ2n) is 3.91. The van der Waals surface area contributed by atoms with Crippen molar-refractivity contribution in [1.82, 2.24) is 4.72 Å². The van der Waals surface area contributed by atoms with E-state index in [1.54, 1.807) is 6.92 Å². The van der Waals surface area contributed by atoms with E-state index in [9.17, 15) is 13.2 Å². The van der Waals surface area contributed by atoms with E-state index in [1.807, 2.05) is 6.92 Å². The Bertz CT molecular complexity index is 523. The third-order valence-corrected chi connectivity index (χ3v) is 5.24. The van der Waals surface area contributed by atoms with Crippen LogP contribution in [0.25, 0.3) is 0 Å². The first-order chi connectivity index (χ1) is 8.85. The number of hydrogen-bond donors (Lipinski definition) is 2. The number of thiophene rings is 1. The smallest absolute Gasteiger partial charge is 0.308 e. The van der Waals surface area contributed by atoms with Gasteiger partial charge in [0.25, 0.3) is 0 Å². The Morgan fingerprint density at radius 2 is 2.21 bits per heavy atom. The van der Waals surface area contributed by atoms with Crippen LogP contribution in [0, 0.1) is 0 Å². The third kappa shape index (κ3) is 5.27. The quantitative estimate of drug-likeness (QED) is 0.749. The zero-order valence-electron chi connectivity index (χ0n) is 10.8. The Morgan fingerprint density at radius 1 is 1.53 bits per heavy atom. The maximum atomic E-state index is 11.9. The van der Waals surface area contributed by atoms with Crippen molar-refractivity contribution in [3.05, 3.63) is 17.0 Å². The maximum absolute atomic E-state index is 11.9. The number of rotatable bonds is 8. The molecule has 1 rings (SSSR count). The van der Waals surface area contributed by atoms with Gasteiger partial charge in [0.05, 0.1) is 12.5 Å². The van der Waals surface area contributed by atoms with Crippen molar-refractivity contribution < 1.29 is 23.1 Å². The molecule has 1 aromatic heterocycles. The van der Waals surface area contributed by atoms with E-state index in [1.165, 1.54) is 12.1 Å². The zero-order chi connectivity index (χ0) is 14.5. The van der Waals surface area contributed by atoms with Crippen molar-refractivity contribution in [2.24, 2.45) is 0 Å². The molecule has 0 radical (unpaired) electrons. The van der Waals surface area contributed by atoms with Crippen LogP contribution in [-0.4, -0.2) is 38.7 Å². The molecule has 0 saturated carbocycles. The molecule has 0 fully saturated rings. The lowest BCUT2D eigenvalue weighted by Crippen LogP contribution is -2.31. The largest absolute Gasteiger partial charge is 0.481 e. The van der Waals surface area contributed by atoms with Crippen LogP contribution in [0.1, 0.15) is 18.7 Å². The molecule has 0 amide bonds. The number of nitrogens with one attached hydrogen (secondary N) is 1. The highest BCUT2D eigenvalue weighted by atomic mass is 32.2. The number of hydrogen-bond acceptors (Lipinski definition) is 5. The Labute approximate surface area is 116 Å². The van der Waals surface area contributed by atoms with Crippen molar-refractivity contribution in [2.45, 2.75) is 30.6 Å². The second-order valence-corrected chi connectivity index (χ2v) is 7.07. The van der Waals surface area contributed by atoms with Crippen LogP contribution >= 0.6 is 11.3 Å². The average molecular weight is 307 g/mol. The van der Waals surface area contributed by atoms with Gasteiger partial charge in [0.15, 0.2) is 0 Å². The highest BCUT2D eigenvalue weighted by Crippen LogP contribution is 2.21. The van der Waals surface area contributed by atoms with Gasteiger partial charge in [-0.25, -0.2) is 13.1 Å². The first kappa shape index (κ1) is 16.1. The monoisotopic (exact) mass is 307 g/mol. The number of ether oxygens (including phenoxy) is 1. The van der Waals surface area contributed by atoms with Crippen molar-refractivity contribution in [3.8, 4) is 0 Å². The van der Waals surface area contributed by atoms with Crippen molar-refractivity contribution in [1.29, 1.82) is 0 Å². The summed E-state index contributed by atoms with van der Waals surface area (Å²) >= 11 is 0.961. The van der Waals surface area contributed by atoms with Gasteiger partial charge in [-0.15, -0.1) is 11.3 Å². The fraction of sp³-hybridized carbons (Fsp3) is 0.545. The Morgan fingerprint density at radius 3 is 2.79 bits per heavy atom. The molecule has 0 bridgehead atoms. The van der Waals surface area contributed by atoms with Crippen LogP contribution in [0.4, 0.5) is 0 Å². The first-order valence-electron chi connectivity index (χ1n) is 5.77. The van der Waals surface area contributed by atoms with Gasteiger partial charge in [-0.3, -0.25) is 4.79 Å². The van der Waals surface area contributed by atoms with Gasteiger partial charge in [-0.05, 0) is 26.0 Å². The molecule has 0 aliphatic carbocycles. The summed E-state index contributed by atoms with van der Waals surface area (Å²) in [7, 11) is -3.59. The minimum absolute atomic E-state index is 0.118. The minimum atomic E-state index is -3.59. The Hall–Kier alpha value is -0.960. The summed E-state index contributed by atoms with van der Waals surface area (Å²) in [5.41, 5.74) is 0. The lowest BCUT2D eigenvalue weighted by atomic mass is 10.3. The second kappa shape index (κ2) is 6.99. The van der Waals surface area contributed by atoms with Crippen molar-refractivity contribution >= 4 is 27.3 Å². The van der Waals surface area contributed by atoms with Crippen molar-refractivity contribution in [3.63, 3.8) is 0 Å². The number of aliphatic carboxylic acids is 1. The van der Waals surface area contributed by atoms with Gasteiger partial charge < -0.3 is 9.84 Å². The number of carbonyl (C=O) groups is 1. The SMILES string of the molecule is CCOC(C)CNS(=O)(=O)c1ccc(CC(=O)O)s1. The van der Waals surface area contributed by atoms with Gasteiger partial charge in [0.2, 0.25) is 10.0 Å². The normalized spacial score (nSPS) is 13.4. The zero-order valence-corrected chi connectivity index (χ0v) is 12.4. The summed E-state index contributed by atoms with van der Waals surface area (Å²) < 4.78 is 31.7. The third-order valence-electron chi connectivity index (χ3n) is 2.24. The highest BCUT2D eigenvalue weighted by Gasteiger charge is 2.18. The summed E-state index contributed by atoms with van der Waals surface area (Å²) in [6.07, 6.45) is -0.381. The first-order valence-corrected chi connectivity index (χ1v) is 8.07. The van der Waals surface area contributed by atoms with E-state index >= 15 is 0 Å². The van der Waals surface area contributed by atoms with E-state index in [0.717, 1.165) is 11.3 Å². The fourth-order valence-electron chi connectivity index (χ4n) is 1.39. The predicted molar refractivity (Wildman–Crippen MR) is 71.9 cm³/mol. The molecule has 2 N–H and O–H groups in total. The van der Waals surface area contributed by atoms with Crippen LogP contribution in [-0.2, 0) is 26.0 Å². The van der Waals surface area contributed by atoms with E-state index in [2.05, 4.69) is 4.72 Å². The standard InChI is InChI=1S/C11H17NO5S2/c1-3-17-8(2)7-12-19(15,16)11-5-4-9(18-11)6-10(13)14/h4-5,8,12H,3,6-7H2,1-2H3,(H,13,14). The molecule has 0 aromatic carbocycles. The number of carboxylic acid groups (broad SMARTS) is 1. The summed E-state index contributed by atoms with van der Waals surface area (Å²) in [5.74, 6) is -0.983. The Balaban J connectivity index is 2.66. The molecule has 0 saturated heterocycles. The summed E-state index contributed by atoms with van der Waals surface area (Å²) in [4.78, 5) is 11.0. The van der Waals surface area contributed by atoms with Crippen LogP contribution in [0.2, 0.25) is 0 Å². The fourth-order valence-corrected chi connectivity index (χ4v) is 3.89. The molecule has 8 heteroatoms. The van der Waals surface area contributed by atoms with Crippen molar-refractivity contribution in [2.75, 3.05) is 13.2 Å². The summed E-state index contributed by atoms with van der Waals surface area (Å²) in [5, 5.41) is 8.64. The molecule has 1 heterocycles. The molecule has 0 spiro atoms.